The number of nitrogens with one attached hydrogen (secondary N) is 1. The summed E-state index contributed by atoms with van der Waals surface area (Å²) in [5, 5.41) is 21.6. The fraction of sp³-hybridized carbons (Fsp3) is 0.214. The Morgan fingerprint density at radius 3 is 2.53 bits per heavy atom. The maximum Gasteiger partial charge on any atom is 0.345 e. The highest BCUT2D eigenvalue weighted by Gasteiger charge is 2.45. The molecule has 1 aliphatic rings. The van der Waals surface area contributed by atoms with Crippen LogP contribution in [0.15, 0.2) is 41.0 Å². The van der Waals surface area contributed by atoms with E-state index < -0.39 is 5.97 Å². The summed E-state index contributed by atoms with van der Waals surface area (Å²) in [6.45, 7) is 0. The topological polar surface area (TPSA) is 82.7 Å². The highest BCUT2D eigenvalue weighted by Crippen LogP contribution is 2.49. The molecule has 1 fully saturated rings. The van der Waals surface area contributed by atoms with E-state index in [0.717, 1.165) is 24.7 Å². The van der Waals surface area contributed by atoms with Crippen LogP contribution < -0.4 is 5.32 Å². The summed E-state index contributed by atoms with van der Waals surface area (Å²) in [4.78, 5) is 11.1. The summed E-state index contributed by atoms with van der Waals surface area (Å²) < 4.78 is 5.11. The number of benzene rings is 1. The lowest BCUT2D eigenvalue weighted by atomic mass is 10.1. The second-order valence-corrected chi connectivity index (χ2v) is 4.70. The Balaban J connectivity index is 1.92. The first-order valence-corrected chi connectivity index (χ1v) is 6.00. The van der Waals surface area contributed by atoms with Crippen LogP contribution in [0.1, 0.15) is 28.8 Å². The maximum absolute atomic E-state index is 11.1. The highest BCUT2D eigenvalue weighted by molar-refractivity contribution is 5.96. The van der Waals surface area contributed by atoms with E-state index in [4.69, 9.17) is 9.52 Å². The summed E-state index contributed by atoms with van der Waals surface area (Å²) >= 11 is 0. The Bertz CT molecular complexity index is 614. The Hall–Kier alpha value is -2.43. The quantitative estimate of drug-likeness (QED) is 0.786. The molecule has 1 heterocycles. The Labute approximate surface area is 109 Å². The van der Waals surface area contributed by atoms with Crippen molar-refractivity contribution in [1.29, 1.82) is 0 Å². The summed E-state index contributed by atoms with van der Waals surface area (Å²) in [5.41, 5.74) is 0.583. The van der Waals surface area contributed by atoms with Gasteiger partial charge in [0, 0.05) is 0 Å². The number of aromatic hydroxyl groups is 1. The Kier molecular flexibility index (Phi) is 2.48. The number of hydrogen-bond acceptors (Lipinski definition) is 4. The molecule has 5 heteroatoms. The Morgan fingerprint density at radius 2 is 1.95 bits per heavy atom. The van der Waals surface area contributed by atoms with Crippen LogP contribution in [0.3, 0.4) is 0 Å². The van der Waals surface area contributed by atoms with Gasteiger partial charge < -0.3 is 19.9 Å². The molecule has 3 N–H and O–H groups in total. The monoisotopic (exact) mass is 259 g/mol. The molecule has 0 amide bonds. The number of aromatic carboxylic acids is 1. The average Bonchev–Trinajstić information content (AvgIpc) is 3.09. The molecule has 1 aromatic carbocycles. The van der Waals surface area contributed by atoms with Crippen molar-refractivity contribution in [1.82, 2.24) is 0 Å². The maximum atomic E-state index is 11.1. The Morgan fingerprint density at radius 1 is 1.26 bits per heavy atom. The van der Waals surface area contributed by atoms with Crippen LogP contribution in [0.4, 0.5) is 5.88 Å². The van der Waals surface area contributed by atoms with Crippen molar-refractivity contribution in [3.8, 4) is 5.75 Å². The first-order chi connectivity index (χ1) is 9.12. The largest absolute Gasteiger partial charge is 0.504 e. The zero-order chi connectivity index (χ0) is 13.5. The van der Waals surface area contributed by atoms with Gasteiger partial charge in [-0.05, 0) is 18.4 Å². The van der Waals surface area contributed by atoms with E-state index in [2.05, 4.69) is 5.32 Å². The minimum absolute atomic E-state index is 0.103. The van der Waals surface area contributed by atoms with Gasteiger partial charge in [-0.1, -0.05) is 30.3 Å². The van der Waals surface area contributed by atoms with Gasteiger partial charge in [-0.15, -0.1) is 0 Å². The van der Waals surface area contributed by atoms with Gasteiger partial charge in [0.25, 0.3) is 0 Å². The molecule has 0 saturated heterocycles. The van der Waals surface area contributed by atoms with Gasteiger partial charge in [0.05, 0.1) is 5.54 Å². The van der Waals surface area contributed by atoms with Crippen molar-refractivity contribution in [2.45, 2.75) is 18.4 Å². The van der Waals surface area contributed by atoms with Crippen molar-refractivity contribution in [2.75, 3.05) is 5.32 Å². The molecule has 0 bridgehead atoms. The average molecular weight is 259 g/mol. The van der Waals surface area contributed by atoms with Crippen molar-refractivity contribution in [3.05, 3.63) is 47.7 Å². The lowest BCUT2D eigenvalue weighted by Gasteiger charge is -2.17. The molecule has 19 heavy (non-hydrogen) atoms. The molecular formula is C14H13NO4. The predicted molar refractivity (Wildman–Crippen MR) is 68.3 cm³/mol. The van der Waals surface area contributed by atoms with E-state index in [9.17, 15) is 9.90 Å². The first kappa shape index (κ1) is 11.6. The summed E-state index contributed by atoms with van der Waals surface area (Å²) in [6.07, 6.45) is 2.84. The highest BCUT2D eigenvalue weighted by atomic mass is 16.4. The molecule has 3 rings (SSSR count). The van der Waals surface area contributed by atoms with Crippen molar-refractivity contribution >= 4 is 11.9 Å². The first-order valence-electron chi connectivity index (χ1n) is 6.00. The number of furan rings is 1. The number of rotatable bonds is 4. The second kappa shape index (κ2) is 4.05. The van der Waals surface area contributed by atoms with E-state index >= 15 is 0 Å². The van der Waals surface area contributed by atoms with Crippen LogP contribution in [0.2, 0.25) is 0 Å². The van der Waals surface area contributed by atoms with Crippen molar-refractivity contribution in [2.24, 2.45) is 0 Å². The standard InChI is InChI=1S/C14H13NO4/c16-10-8-19-12(11(10)13(17)18)15-14(6-7-14)9-4-2-1-3-5-9/h1-5,8,15-16H,6-7H2,(H,17,18). The third-order valence-corrected chi connectivity index (χ3v) is 3.41. The van der Waals surface area contributed by atoms with Crippen LogP contribution in [-0.4, -0.2) is 16.2 Å². The number of carboxylic acids is 1. The lowest BCUT2D eigenvalue weighted by molar-refractivity contribution is 0.0694. The van der Waals surface area contributed by atoms with Crippen LogP contribution in [0.5, 0.6) is 5.75 Å². The summed E-state index contributed by atoms with van der Waals surface area (Å²) in [5.74, 6) is -1.47. The molecule has 1 aromatic heterocycles. The number of carbonyl (C=O) groups is 1. The zero-order valence-electron chi connectivity index (χ0n) is 10.1. The van der Waals surface area contributed by atoms with Crippen LogP contribution in [-0.2, 0) is 5.54 Å². The van der Waals surface area contributed by atoms with Crippen LogP contribution >= 0.6 is 0 Å². The minimum Gasteiger partial charge on any atom is -0.504 e. The van der Waals surface area contributed by atoms with E-state index in [-0.39, 0.29) is 22.7 Å². The van der Waals surface area contributed by atoms with Crippen LogP contribution in [0, 0.1) is 0 Å². The van der Waals surface area contributed by atoms with Gasteiger partial charge in [0.15, 0.2) is 11.3 Å². The third-order valence-electron chi connectivity index (χ3n) is 3.41. The van der Waals surface area contributed by atoms with Crippen molar-refractivity contribution < 1.29 is 19.4 Å². The van der Waals surface area contributed by atoms with Crippen molar-refractivity contribution in [3.63, 3.8) is 0 Å². The molecule has 0 unspecified atom stereocenters. The van der Waals surface area contributed by atoms with Gasteiger partial charge in [-0.3, -0.25) is 0 Å². The molecule has 2 aromatic rings. The predicted octanol–water partition coefficient (Wildman–Crippen LogP) is 2.78. The van der Waals surface area contributed by atoms with E-state index in [1.807, 2.05) is 30.3 Å². The molecule has 1 saturated carbocycles. The number of anilines is 1. The fourth-order valence-corrected chi connectivity index (χ4v) is 2.23. The second-order valence-electron chi connectivity index (χ2n) is 4.70. The fourth-order valence-electron chi connectivity index (χ4n) is 2.23. The van der Waals surface area contributed by atoms with Gasteiger partial charge in [0.1, 0.15) is 6.26 Å². The molecule has 0 atom stereocenters. The molecular weight excluding hydrogens is 246 g/mol. The van der Waals surface area contributed by atoms with E-state index in [1.165, 1.54) is 0 Å². The molecule has 98 valence electrons. The smallest absolute Gasteiger partial charge is 0.345 e. The zero-order valence-corrected chi connectivity index (χ0v) is 10.1. The normalized spacial score (nSPS) is 16.0. The summed E-state index contributed by atoms with van der Waals surface area (Å²) in [7, 11) is 0. The van der Waals surface area contributed by atoms with Gasteiger partial charge in [-0.2, -0.15) is 0 Å². The summed E-state index contributed by atoms with van der Waals surface area (Å²) in [6, 6.07) is 9.79. The van der Waals surface area contributed by atoms with Gasteiger partial charge in [0.2, 0.25) is 5.88 Å². The number of carboxylic acid groups (broad SMARTS) is 1. The SMILES string of the molecule is O=C(O)c1c(O)coc1NC1(c2ccccc2)CC1. The van der Waals surface area contributed by atoms with Crippen LogP contribution in [0.25, 0.3) is 0 Å². The third kappa shape index (κ3) is 1.93. The molecule has 1 aliphatic carbocycles. The van der Waals surface area contributed by atoms with E-state index in [1.54, 1.807) is 0 Å². The molecule has 0 aliphatic heterocycles. The van der Waals surface area contributed by atoms with Gasteiger partial charge in [-0.25, -0.2) is 4.79 Å². The number of hydrogen-bond donors (Lipinski definition) is 3. The molecule has 0 radical (unpaired) electrons. The molecule has 0 spiro atoms. The minimum atomic E-state index is -1.21. The van der Waals surface area contributed by atoms with Gasteiger partial charge >= 0.3 is 5.97 Å². The van der Waals surface area contributed by atoms with E-state index in [0.29, 0.717) is 0 Å². The molecule has 5 nitrogen and oxygen atoms in total. The lowest BCUT2D eigenvalue weighted by Crippen LogP contribution is -2.19.